The second-order valence-electron chi connectivity index (χ2n) is 5.30. The largest absolute Gasteiger partial charge is 0.496 e. The first kappa shape index (κ1) is 14.9. The van der Waals surface area contributed by atoms with Crippen molar-refractivity contribution in [2.45, 2.75) is 19.1 Å². The Labute approximate surface area is 129 Å². The lowest BCUT2D eigenvalue weighted by Gasteiger charge is -2.19. The molecule has 0 amide bonds. The summed E-state index contributed by atoms with van der Waals surface area (Å²) in [5.74, 6) is 2.24. The quantitative estimate of drug-likeness (QED) is 0.933. The Bertz CT molecular complexity index is 668. The number of benzene rings is 1. The van der Waals surface area contributed by atoms with Gasteiger partial charge < -0.3 is 23.9 Å². The van der Waals surface area contributed by atoms with Gasteiger partial charge in [-0.3, -0.25) is 0 Å². The molecule has 2 atom stereocenters. The van der Waals surface area contributed by atoms with Crippen LogP contribution in [-0.2, 0) is 4.74 Å². The second-order valence-corrected chi connectivity index (χ2v) is 5.30. The molecule has 6 nitrogen and oxygen atoms in total. The second kappa shape index (κ2) is 5.98. The molecule has 118 valence electrons. The van der Waals surface area contributed by atoms with Crippen molar-refractivity contribution in [1.82, 2.24) is 9.55 Å². The number of nitrogens with zero attached hydrogens (tertiary/aromatic N) is 2. The maximum Gasteiger partial charge on any atom is 0.144 e. The number of ether oxygens (including phenoxy) is 3. The molecule has 3 rings (SSSR count). The predicted octanol–water partition coefficient (Wildman–Crippen LogP) is 1.81. The molecular weight excluding hydrogens is 284 g/mol. The van der Waals surface area contributed by atoms with E-state index >= 15 is 0 Å². The highest BCUT2D eigenvalue weighted by atomic mass is 16.5. The summed E-state index contributed by atoms with van der Waals surface area (Å²) >= 11 is 0. The summed E-state index contributed by atoms with van der Waals surface area (Å²) in [5.41, 5.74) is 1.78. The zero-order valence-electron chi connectivity index (χ0n) is 12.9. The van der Waals surface area contributed by atoms with Gasteiger partial charge in [-0.1, -0.05) is 0 Å². The maximum atomic E-state index is 10.1. The summed E-state index contributed by atoms with van der Waals surface area (Å²) < 4.78 is 18.2. The molecule has 6 heteroatoms. The van der Waals surface area contributed by atoms with Crippen LogP contribution in [-0.4, -0.2) is 48.2 Å². The summed E-state index contributed by atoms with van der Waals surface area (Å²) in [4.78, 5) is 4.45. The smallest absolute Gasteiger partial charge is 0.144 e. The van der Waals surface area contributed by atoms with Crippen LogP contribution in [0.5, 0.6) is 11.5 Å². The molecule has 0 saturated carbocycles. The first-order chi connectivity index (χ1) is 10.7. The molecule has 22 heavy (non-hydrogen) atoms. The van der Waals surface area contributed by atoms with Crippen molar-refractivity contribution in [1.29, 1.82) is 0 Å². The van der Waals surface area contributed by atoms with Gasteiger partial charge in [-0.2, -0.15) is 0 Å². The van der Waals surface area contributed by atoms with Gasteiger partial charge in [-0.25, -0.2) is 4.98 Å². The fourth-order valence-corrected chi connectivity index (χ4v) is 2.92. The zero-order valence-corrected chi connectivity index (χ0v) is 12.9. The molecule has 1 aliphatic rings. The van der Waals surface area contributed by atoms with Crippen LogP contribution in [0.15, 0.2) is 24.5 Å². The van der Waals surface area contributed by atoms with Gasteiger partial charge in [0, 0.05) is 18.0 Å². The van der Waals surface area contributed by atoms with E-state index in [4.69, 9.17) is 14.2 Å². The van der Waals surface area contributed by atoms with E-state index < -0.39 is 6.10 Å². The standard InChI is InChI=1S/C16H20N2O4/c1-10-14(20-2)5-4-11(15(10)21-3)16-17-6-7-18(16)12-8-22-9-13(12)19/h4-7,12-13,19H,8-9H2,1-3H3/t12-,13+/m1/s1. The average Bonchev–Trinajstić information content (AvgIpc) is 3.15. The van der Waals surface area contributed by atoms with Crippen LogP contribution >= 0.6 is 0 Å². The van der Waals surface area contributed by atoms with E-state index in [0.29, 0.717) is 13.2 Å². The van der Waals surface area contributed by atoms with Gasteiger partial charge in [0.1, 0.15) is 23.4 Å². The Kier molecular flexibility index (Phi) is 4.04. The Morgan fingerprint density at radius 2 is 2.09 bits per heavy atom. The van der Waals surface area contributed by atoms with Crippen molar-refractivity contribution in [2.75, 3.05) is 27.4 Å². The van der Waals surface area contributed by atoms with Crippen LogP contribution < -0.4 is 9.47 Å². The van der Waals surface area contributed by atoms with Crippen LogP contribution in [0, 0.1) is 6.92 Å². The van der Waals surface area contributed by atoms with Crippen molar-refractivity contribution in [2.24, 2.45) is 0 Å². The lowest BCUT2D eigenvalue weighted by Crippen LogP contribution is -2.22. The molecule has 2 aromatic rings. The lowest BCUT2D eigenvalue weighted by atomic mass is 10.1. The Hall–Kier alpha value is -2.05. The first-order valence-electron chi connectivity index (χ1n) is 7.18. The van der Waals surface area contributed by atoms with Gasteiger partial charge >= 0.3 is 0 Å². The number of aromatic nitrogens is 2. The van der Waals surface area contributed by atoms with E-state index in [0.717, 1.165) is 28.5 Å². The lowest BCUT2D eigenvalue weighted by molar-refractivity contribution is 0.119. The predicted molar refractivity (Wildman–Crippen MR) is 81.4 cm³/mol. The van der Waals surface area contributed by atoms with Crippen molar-refractivity contribution in [3.63, 3.8) is 0 Å². The first-order valence-corrected chi connectivity index (χ1v) is 7.18. The summed E-state index contributed by atoms with van der Waals surface area (Å²) in [6.45, 7) is 2.77. The minimum atomic E-state index is -0.529. The van der Waals surface area contributed by atoms with Crippen molar-refractivity contribution < 1.29 is 19.3 Å². The molecule has 1 aromatic carbocycles. The van der Waals surface area contributed by atoms with Gasteiger partial charge in [0.2, 0.25) is 0 Å². The van der Waals surface area contributed by atoms with Crippen LogP contribution in [0.25, 0.3) is 11.4 Å². The van der Waals surface area contributed by atoms with Crippen LogP contribution in [0.4, 0.5) is 0 Å². The summed E-state index contributed by atoms with van der Waals surface area (Å²) in [5, 5.41) is 10.1. The SMILES string of the molecule is COc1ccc(-c2nccn2[C@@H]2COC[C@@H]2O)c(OC)c1C. The van der Waals surface area contributed by atoms with E-state index in [1.807, 2.05) is 29.8 Å². The zero-order chi connectivity index (χ0) is 15.7. The normalized spacial score (nSPS) is 21.1. The molecule has 1 saturated heterocycles. The molecule has 1 N–H and O–H groups in total. The van der Waals surface area contributed by atoms with Gasteiger partial charge in [-0.15, -0.1) is 0 Å². The fraction of sp³-hybridized carbons (Fsp3) is 0.438. The number of aliphatic hydroxyl groups is 1. The van der Waals surface area contributed by atoms with Crippen molar-refractivity contribution in [3.05, 3.63) is 30.1 Å². The summed E-state index contributed by atoms with van der Waals surface area (Å²) in [7, 11) is 3.26. The Balaban J connectivity index is 2.09. The van der Waals surface area contributed by atoms with Gasteiger partial charge in [-0.05, 0) is 19.1 Å². The number of hydrogen-bond donors (Lipinski definition) is 1. The molecule has 0 aliphatic carbocycles. The maximum absolute atomic E-state index is 10.1. The highest BCUT2D eigenvalue weighted by molar-refractivity contribution is 5.69. The molecule has 0 bridgehead atoms. The highest BCUT2D eigenvalue weighted by Crippen LogP contribution is 2.38. The number of rotatable bonds is 4. The number of aliphatic hydroxyl groups excluding tert-OH is 1. The molecular formula is C16H20N2O4. The molecule has 0 spiro atoms. The third-order valence-electron chi connectivity index (χ3n) is 4.07. The minimum absolute atomic E-state index is 0.135. The van der Waals surface area contributed by atoms with E-state index in [9.17, 15) is 5.11 Å². The monoisotopic (exact) mass is 304 g/mol. The Morgan fingerprint density at radius 3 is 2.73 bits per heavy atom. The van der Waals surface area contributed by atoms with E-state index in [-0.39, 0.29) is 6.04 Å². The van der Waals surface area contributed by atoms with E-state index in [1.54, 1.807) is 20.4 Å². The molecule has 0 unspecified atom stereocenters. The number of methoxy groups -OCH3 is 2. The molecule has 0 radical (unpaired) electrons. The van der Waals surface area contributed by atoms with Crippen molar-refractivity contribution >= 4 is 0 Å². The molecule has 1 aliphatic heterocycles. The summed E-state index contributed by atoms with van der Waals surface area (Å²) in [6.07, 6.45) is 3.05. The topological polar surface area (TPSA) is 65.7 Å². The van der Waals surface area contributed by atoms with Gasteiger partial charge in [0.25, 0.3) is 0 Å². The molecule has 1 aromatic heterocycles. The van der Waals surface area contributed by atoms with Crippen LogP contribution in [0.1, 0.15) is 11.6 Å². The van der Waals surface area contributed by atoms with Gasteiger partial charge in [0.05, 0.1) is 39.0 Å². The van der Waals surface area contributed by atoms with E-state index in [1.165, 1.54) is 0 Å². The van der Waals surface area contributed by atoms with Crippen LogP contribution in [0.3, 0.4) is 0 Å². The number of imidazole rings is 1. The highest BCUT2D eigenvalue weighted by Gasteiger charge is 2.30. The molecule has 1 fully saturated rings. The minimum Gasteiger partial charge on any atom is -0.496 e. The third kappa shape index (κ3) is 2.34. The summed E-state index contributed by atoms with van der Waals surface area (Å²) in [6, 6.07) is 3.68. The fourth-order valence-electron chi connectivity index (χ4n) is 2.92. The van der Waals surface area contributed by atoms with Gasteiger partial charge in [0.15, 0.2) is 0 Å². The van der Waals surface area contributed by atoms with Crippen LogP contribution in [0.2, 0.25) is 0 Å². The van der Waals surface area contributed by atoms with E-state index in [2.05, 4.69) is 4.98 Å². The average molecular weight is 304 g/mol. The molecule has 2 heterocycles. The van der Waals surface area contributed by atoms with Crippen molar-refractivity contribution in [3.8, 4) is 22.9 Å². The third-order valence-corrected chi connectivity index (χ3v) is 4.07. The Morgan fingerprint density at radius 1 is 1.27 bits per heavy atom. The number of hydrogen-bond acceptors (Lipinski definition) is 5.